The summed E-state index contributed by atoms with van der Waals surface area (Å²) in [5, 5.41) is 3.87. The van der Waals surface area contributed by atoms with Crippen molar-refractivity contribution < 1.29 is 14.3 Å². The summed E-state index contributed by atoms with van der Waals surface area (Å²) in [6.45, 7) is 9.95. The number of rotatable bonds is 6. The quantitative estimate of drug-likeness (QED) is 0.626. The van der Waals surface area contributed by atoms with Gasteiger partial charge in [-0.15, -0.1) is 0 Å². The van der Waals surface area contributed by atoms with Crippen LogP contribution in [0.15, 0.2) is 30.6 Å². The van der Waals surface area contributed by atoms with Crippen LogP contribution < -0.4 is 5.32 Å². The number of anilines is 1. The van der Waals surface area contributed by atoms with Crippen LogP contribution in [0.1, 0.15) is 27.2 Å². The summed E-state index contributed by atoms with van der Waals surface area (Å²) in [5.74, 6) is 1.21. The first-order chi connectivity index (χ1) is 15.6. The lowest BCUT2D eigenvalue weighted by atomic mass is 10.2. The van der Waals surface area contributed by atoms with Crippen molar-refractivity contribution in [3.8, 4) is 11.4 Å². The third kappa shape index (κ3) is 10.8. The van der Waals surface area contributed by atoms with Crippen molar-refractivity contribution in [1.29, 1.82) is 0 Å². The molecule has 1 aliphatic heterocycles. The highest BCUT2D eigenvalue weighted by molar-refractivity contribution is 6.30. The Morgan fingerprint density at radius 3 is 2.61 bits per heavy atom. The van der Waals surface area contributed by atoms with Crippen LogP contribution in [0.5, 0.6) is 0 Å². The van der Waals surface area contributed by atoms with E-state index in [1.54, 1.807) is 4.90 Å². The Labute approximate surface area is 201 Å². The van der Waals surface area contributed by atoms with E-state index in [2.05, 4.69) is 39.3 Å². The number of benzene rings is 1. The van der Waals surface area contributed by atoms with Crippen LogP contribution in [-0.4, -0.2) is 89.9 Å². The Morgan fingerprint density at radius 2 is 1.97 bits per heavy atom. The summed E-state index contributed by atoms with van der Waals surface area (Å²) in [6, 6.07) is 7.47. The molecule has 1 saturated heterocycles. The van der Waals surface area contributed by atoms with Crippen LogP contribution in [0.3, 0.4) is 0 Å². The normalized spacial score (nSPS) is 13.8. The number of ether oxygens (including phenoxy) is 2. The molecule has 1 fully saturated rings. The van der Waals surface area contributed by atoms with Gasteiger partial charge in [0.15, 0.2) is 5.82 Å². The van der Waals surface area contributed by atoms with Gasteiger partial charge in [-0.25, -0.2) is 14.8 Å². The second kappa shape index (κ2) is 13.3. The molecule has 0 spiro atoms. The van der Waals surface area contributed by atoms with Gasteiger partial charge in [0, 0.05) is 30.2 Å². The van der Waals surface area contributed by atoms with Gasteiger partial charge in [0.25, 0.3) is 0 Å². The van der Waals surface area contributed by atoms with E-state index in [9.17, 15) is 4.79 Å². The largest absolute Gasteiger partial charge is 0.444 e. The Balaban J connectivity index is 0.000000257. The summed E-state index contributed by atoms with van der Waals surface area (Å²) in [5.41, 5.74) is 0.478. The number of carbonyl (C=O) groups is 1. The number of hydrogen-bond donors (Lipinski definition) is 1. The molecule has 1 aromatic carbocycles. The van der Waals surface area contributed by atoms with Crippen LogP contribution in [0.4, 0.5) is 10.7 Å². The van der Waals surface area contributed by atoms with Crippen LogP contribution >= 0.6 is 11.6 Å². The van der Waals surface area contributed by atoms with Crippen LogP contribution in [0.2, 0.25) is 5.02 Å². The molecule has 1 amide bonds. The van der Waals surface area contributed by atoms with Gasteiger partial charge in [0.2, 0.25) is 5.95 Å². The average Bonchev–Trinajstić information content (AvgIpc) is 2.77. The zero-order chi connectivity index (χ0) is 24.3. The third-order valence-corrected chi connectivity index (χ3v) is 4.62. The van der Waals surface area contributed by atoms with Crippen molar-refractivity contribution in [3.05, 3.63) is 35.6 Å². The fraction of sp³-hybridized carbons (Fsp3) is 0.565. The molecule has 0 saturated carbocycles. The molecule has 1 aliphatic rings. The topological polar surface area (TPSA) is 92.7 Å². The first kappa shape index (κ1) is 26.8. The summed E-state index contributed by atoms with van der Waals surface area (Å²) in [4.78, 5) is 28.0. The molecule has 0 unspecified atom stereocenters. The van der Waals surface area contributed by atoms with E-state index in [0.29, 0.717) is 43.1 Å². The van der Waals surface area contributed by atoms with Gasteiger partial charge >= 0.3 is 6.09 Å². The fourth-order valence-corrected chi connectivity index (χ4v) is 3.01. The van der Waals surface area contributed by atoms with E-state index in [1.807, 2.05) is 45.0 Å². The molecule has 3 rings (SSSR count). The number of aromatic nitrogens is 3. The van der Waals surface area contributed by atoms with Gasteiger partial charge in [-0.05, 0) is 60.0 Å². The van der Waals surface area contributed by atoms with Gasteiger partial charge < -0.3 is 24.6 Å². The predicted octanol–water partition coefficient (Wildman–Crippen LogP) is 3.81. The van der Waals surface area contributed by atoms with Gasteiger partial charge in [-0.1, -0.05) is 23.7 Å². The number of nitrogens with one attached hydrogen (secondary N) is 1. The third-order valence-electron chi connectivity index (χ3n) is 4.38. The molecular weight excluding hydrogens is 444 g/mol. The van der Waals surface area contributed by atoms with Gasteiger partial charge in [-0.3, -0.25) is 0 Å². The maximum Gasteiger partial charge on any atom is 0.410 e. The predicted molar refractivity (Wildman–Crippen MR) is 131 cm³/mol. The molecule has 10 heteroatoms. The molecule has 182 valence electrons. The van der Waals surface area contributed by atoms with Crippen LogP contribution in [0, 0.1) is 0 Å². The highest BCUT2D eigenvalue weighted by Crippen LogP contribution is 2.19. The first-order valence-corrected chi connectivity index (χ1v) is 11.4. The molecule has 0 atom stereocenters. The maximum atomic E-state index is 11.5. The Kier molecular flexibility index (Phi) is 10.8. The number of halogens is 1. The molecular formula is C23H35ClN6O3. The zero-order valence-electron chi connectivity index (χ0n) is 20.2. The van der Waals surface area contributed by atoms with Crippen molar-refractivity contribution in [2.24, 2.45) is 0 Å². The van der Waals surface area contributed by atoms with Crippen LogP contribution in [-0.2, 0) is 9.47 Å². The van der Waals surface area contributed by atoms with Crippen LogP contribution in [0.25, 0.3) is 11.4 Å². The minimum absolute atomic E-state index is 0.240. The first-order valence-electron chi connectivity index (χ1n) is 11.0. The molecule has 1 aromatic heterocycles. The minimum Gasteiger partial charge on any atom is -0.444 e. The summed E-state index contributed by atoms with van der Waals surface area (Å²) in [7, 11) is 4.11. The number of carbonyl (C=O) groups excluding carboxylic acids is 1. The molecule has 33 heavy (non-hydrogen) atoms. The monoisotopic (exact) mass is 478 g/mol. The summed E-state index contributed by atoms with van der Waals surface area (Å²) < 4.78 is 10.3. The van der Waals surface area contributed by atoms with E-state index in [4.69, 9.17) is 21.1 Å². The van der Waals surface area contributed by atoms with Crippen molar-refractivity contribution in [2.45, 2.75) is 32.8 Å². The van der Waals surface area contributed by atoms with E-state index >= 15 is 0 Å². The number of amides is 1. The highest BCUT2D eigenvalue weighted by atomic mass is 35.5. The SMILES string of the molecule is CC(C)(C)OC(=O)N1CCOCC1.CN(C)CCCNc1ncnc(-c2cccc(Cl)c2)n1. The van der Waals surface area contributed by atoms with Gasteiger partial charge in [-0.2, -0.15) is 4.98 Å². The van der Waals surface area contributed by atoms with Gasteiger partial charge in [0.05, 0.1) is 13.2 Å². The average molecular weight is 479 g/mol. The number of hydrogen-bond acceptors (Lipinski definition) is 8. The molecule has 2 aromatic rings. The van der Waals surface area contributed by atoms with Gasteiger partial charge in [0.1, 0.15) is 11.9 Å². The highest BCUT2D eigenvalue weighted by Gasteiger charge is 2.23. The minimum atomic E-state index is -0.407. The lowest BCUT2D eigenvalue weighted by Crippen LogP contribution is -2.43. The second-order valence-electron chi connectivity index (χ2n) is 8.81. The Hall–Kier alpha value is -2.49. The Bertz CT molecular complexity index is 869. The molecule has 0 aliphatic carbocycles. The van der Waals surface area contributed by atoms with E-state index < -0.39 is 5.60 Å². The molecule has 0 radical (unpaired) electrons. The van der Waals surface area contributed by atoms with Crippen molar-refractivity contribution >= 4 is 23.6 Å². The fourth-order valence-electron chi connectivity index (χ4n) is 2.82. The summed E-state index contributed by atoms with van der Waals surface area (Å²) >= 11 is 5.98. The van der Waals surface area contributed by atoms with Crippen molar-refractivity contribution in [1.82, 2.24) is 24.8 Å². The Morgan fingerprint density at radius 1 is 1.24 bits per heavy atom. The number of nitrogens with zero attached hydrogens (tertiary/aromatic N) is 5. The molecule has 9 nitrogen and oxygen atoms in total. The van der Waals surface area contributed by atoms with E-state index in [1.165, 1.54) is 6.33 Å². The standard InChI is InChI=1S/C14H18ClN5.C9H17NO3/c1-20(2)8-4-7-16-14-18-10-17-13(19-14)11-5-3-6-12(15)9-11;1-9(2,3)13-8(11)10-4-6-12-7-5-10/h3,5-6,9-10H,4,7-8H2,1-2H3,(H,16,17,18,19);4-7H2,1-3H3. The second-order valence-corrected chi connectivity index (χ2v) is 9.24. The summed E-state index contributed by atoms with van der Waals surface area (Å²) in [6.07, 6.45) is 2.30. The zero-order valence-corrected chi connectivity index (χ0v) is 20.9. The number of morpholine rings is 1. The molecule has 1 N–H and O–H groups in total. The van der Waals surface area contributed by atoms with E-state index in [0.717, 1.165) is 25.1 Å². The molecule has 0 bridgehead atoms. The van der Waals surface area contributed by atoms with Crippen molar-refractivity contribution in [2.75, 3.05) is 58.8 Å². The van der Waals surface area contributed by atoms with E-state index in [-0.39, 0.29) is 6.09 Å². The lowest BCUT2D eigenvalue weighted by molar-refractivity contribution is -0.00677. The smallest absolute Gasteiger partial charge is 0.410 e. The molecule has 2 heterocycles. The lowest BCUT2D eigenvalue weighted by Gasteiger charge is -2.29. The van der Waals surface area contributed by atoms with Crippen molar-refractivity contribution in [3.63, 3.8) is 0 Å². The maximum absolute atomic E-state index is 11.5.